The number of halogens is 1. The molecule has 0 spiro atoms. The van der Waals surface area contributed by atoms with Crippen LogP contribution in [0.15, 0.2) is 18.5 Å². The topological polar surface area (TPSA) is 24.9 Å². The minimum atomic E-state index is -0.295. The molecule has 0 atom stereocenters. The van der Waals surface area contributed by atoms with Crippen molar-refractivity contribution in [1.82, 2.24) is 10.3 Å². The number of hydrogen-bond acceptors (Lipinski definition) is 3. The van der Waals surface area contributed by atoms with E-state index in [1.807, 2.05) is 0 Å². The maximum Gasteiger partial charge on any atom is 0.141 e. The summed E-state index contributed by atoms with van der Waals surface area (Å²) in [6.07, 6.45) is 7.97. The highest BCUT2D eigenvalue weighted by atomic mass is 32.2. The fourth-order valence-electron chi connectivity index (χ4n) is 1.06. The highest BCUT2D eigenvalue weighted by molar-refractivity contribution is 7.99. The smallest absolute Gasteiger partial charge is 0.141 e. The third kappa shape index (κ3) is 5.40. The predicted molar refractivity (Wildman–Crippen MR) is 62.1 cm³/mol. The summed E-state index contributed by atoms with van der Waals surface area (Å²) >= 11 is 1.70. The normalized spacial score (nSPS) is 9.87. The summed E-state index contributed by atoms with van der Waals surface area (Å²) < 4.78 is 12.7. The quantitative estimate of drug-likeness (QED) is 0.588. The third-order valence-corrected chi connectivity index (χ3v) is 2.56. The van der Waals surface area contributed by atoms with E-state index in [1.165, 1.54) is 12.3 Å². The standard InChI is InChI=1S/C11H13FN2S/c1-2-4-15-5-3-13-7-10-6-11(12)9-14-8-10/h1,6,8-9,13H,3-5,7H2. The maximum atomic E-state index is 12.7. The molecule has 1 N–H and O–H groups in total. The van der Waals surface area contributed by atoms with Crippen LogP contribution in [0.5, 0.6) is 0 Å². The van der Waals surface area contributed by atoms with Crippen LogP contribution in [0.2, 0.25) is 0 Å². The van der Waals surface area contributed by atoms with Crippen molar-refractivity contribution in [3.63, 3.8) is 0 Å². The minimum absolute atomic E-state index is 0.295. The molecule has 1 heterocycles. The molecular weight excluding hydrogens is 211 g/mol. The molecule has 0 radical (unpaired) electrons. The molecule has 0 fully saturated rings. The molecule has 0 aliphatic rings. The Kier molecular flexibility index (Phi) is 5.83. The van der Waals surface area contributed by atoms with E-state index < -0.39 is 0 Å². The van der Waals surface area contributed by atoms with Gasteiger partial charge in [0.1, 0.15) is 5.82 Å². The molecule has 0 aromatic carbocycles. The minimum Gasteiger partial charge on any atom is -0.312 e. The predicted octanol–water partition coefficient (Wildman–Crippen LogP) is 1.68. The van der Waals surface area contributed by atoms with Gasteiger partial charge in [0, 0.05) is 25.0 Å². The van der Waals surface area contributed by atoms with Crippen LogP contribution in [0.4, 0.5) is 4.39 Å². The van der Waals surface area contributed by atoms with Crippen LogP contribution in [-0.2, 0) is 6.54 Å². The molecule has 0 saturated carbocycles. The molecule has 0 bridgehead atoms. The molecule has 80 valence electrons. The summed E-state index contributed by atoms with van der Waals surface area (Å²) in [5.41, 5.74) is 0.858. The summed E-state index contributed by atoms with van der Waals surface area (Å²) in [4.78, 5) is 3.77. The SMILES string of the molecule is C#CCSCCNCc1cncc(F)c1. The van der Waals surface area contributed by atoms with Gasteiger partial charge in [-0.2, -0.15) is 0 Å². The van der Waals surface area contributed by atoms with E-state index in [9.17, 15) is 4.39 Å². The monoisotopic (exact) mass is 224 g/mol. The first-order valence-electron chi connectivity index (χ1n) is 4.64. The Morgan fingerprint density at radius 2 is 2.40 bits per heavy atom. The van der Waals surface area contributed by atoms with Gasteiger partial charge in [-0.15, -0.1) is 18.2 Å². The lowest BCUT2D eigenvalue weighted by molar-refractivity contribution is 0.614. The van der Waals surface area contributed by atoms with Gasteiger partial charge in [-0.1, -0.05) is 5.92 Å². The molecule has 0 amide bonds. The van der Waals surface area contributed by atoms with E-state index >= 15 is 0 Å². The average Bonchev–Trinajstić information content (AvgIpc) is 2.23. The summed E-state index contributed by atoms with van der Waals surface area (Å²) in [5, 5.41) is 3.19. The van der Waals surface area contributed by atoms with Crippen molar-refractivity contribution in [1.29, 1.82) is 0 Å². The van der Waals surface area contributed by atoms with E-state index in [0.717, 1.165) is 23.6 Å². The molecule has 1 aromatic rings. The van der Waals surface area contributed by atoms with E-state index in [2.05, 4.69) is 16.2 Å². The zero-order valence-corrected chi connectivity index (χ0v) is 9.19. The van der Waals surface area contributed by atoms with Gasteiger partial charge in [-0.05, 0) is 11.6 Å². The maximum absolute atomic E-state index is 12.7. The Balaban J connectivity index is 2.13. The van der Waals surface area contributed by atoms with E-state index in [0.29, 0.717) is 6.54 Å². The zero-order chi connectivity index (χ0) is 10.9. The van der Waals surface area contributed by atoms with Crippen LogP contribution >= 0.6 is 11.8 Å². The Morgan fingerprint density at radius 3 is 3.13 bits per heavy atom. The lowest BCUT2D eigenvalue weighted by Crippen LogP contribution is -2.16. The second kappa shape index (κ2) is 7.27. The summed E-state index contributed by atoms with van der Waals surface area (Å²) in [7, 11) is 0. The highest BCUT2D eigenvalue weighted by Gasteiger charge is 1.95. The number of thioether (sulfide) groups is 1. The fraction of sp³-hybridized carbons (Fsp3) is 0.364. The van der Waals surface area contributed by atoms with Gasteiger partial charge >= 0.3 is 0 Å². The number of terminal acetylenes is 1. The molecule has 0 aliphatic heterocycles. The van der Waals surface area contributed by atoms with Crippen molar-refractivity contribution in [2.45, 2.75) is 6.54 Å². The first kappa shape index (κ1) is 12.0. The van der Waals surface area contributed by atoms with Crippen LogP contribution in [0.1, 0.15) is 5.56 Å². The van der Waals surface area contributed by atoms with Crippen molar-refractivity contribution in [3.8, 4) is 12.3 Å². The summed E-state index contributed by atoms with van der Waals surface area (Å²) in [6.45, 7) is 1.50. The lowest BCUT2D eigenvalue weighted by Gasteiger charge is -2.03. The molecule has 0 saturated heterocycles. The van der Waals surface area contributed by atoms with Crippen molar-refractivity contribution in [3.05, 3.63) is 29.8 Å². The second-order valence-electron chi connectivity index (χ2n) is 2.94. The molecule has 15 heavy (non-hydrogen) atoms. The van der Waals surface area contributed by atoms with Gasteiger partial charge in [0.15, 0.2) is 0 Å². The number of rotatable bonds is 6. The molecular formula is C11H13FN2S. The van der Waals surface area contributed by atoms with Gasteiger partial charge in [-0.3, -0.25) is 4.98 Å². The number of pyridine rings is 1. The van der Waals surface area contributed by atoms with Crippen LogP contribution in [0, 0.1) is 18.2 Å². The number of nitrogens with one attached hydrogen (secondary N) is 1. The first-order chi connectivity index (χ1) is 7.33. The number of nitrogens with zero attached hydrogens (tertiary/aromatic N) is 1. The van der Waals surface area contributed by atoms with Gasteiger partial charge < -0.3 is 5.32 Å². The third-order valence-electron chi connectivity index (χ3n) is 1.70. The Hall–Kier alpha value is -1.05. The van der Waals surface area contributed by atoms with Crippen LogP contribution in [0.3, 0.4) is 0 Å². The molecule has 2 nitrogen and oxygen atoms in total. The Labute approximate surface area is 93.7 Å². The number of hydrogen-bond donors (Lipinski definition) is 1. The molecule has 4 heteroatoms. The molecule has 0 unspecified atom stereocenters. The van der Waals surface area contributed by atoms with Crippen LogP contribution in [0.25, 0.3) is 0 Å². The van der Waals surface area contributed by atoms with Crippen LogP contribution in [-0.4, -0.2) is 23.0 Å². The van der Waals surface area contributed by atoms with E-state index in [1.54, 1.807) is 18.0 Å². The summed E-state index contributed by atoms with van der Waals surface area (Å²) in [6, 6.07) is 1.48. The number of aromatic nitrogens is 1. The van der Waals surface area contributed by atoms with Crippen LogP contribution < -0.4 is 5.32 Å². The lowest BCUT2D eigenvalue weighted by atomic mass is 10.3. The van der Waals surface area contributed by atoms with Gasteiger partial charge in [-0.25, -0.2) is 4.39 Å². The zero-order valence-electron chi connectivity index (χ0n) is 8.37. The van der Waals surface area contributed by atoms with E-state index in [-0.39, 0.29) is 5.82 Å². The second-order valence-corrected chi connectivity index (χ2v) is 4.05. The van der Waals surface area contributed by atoms with Gasteiger partial charge in [0.2, 0.25) is 0 Å². The fourth-order valence-corrected chi connectivity index (χ4v) is 1.61. The highest BCUT2D eigenvalue weighted by Crippen LogP contribution is 2.00. The van der Waals surface area contributed by atoms with Crippen molar-refractivity contribution < 1.29 is 4.39 Å². The molecule has 1 aromatic heterocycles. The molecule has 1 rings (SSSR count). The first-order valence-corrected chi connectivity index (χ1v) is 5.80. The Bertz CT molecular complexity index is 336. The summed E-state index contributed by atoms with van der Waals surface area (Å²) in [5.74, 6) is 3.97. The molecule has 0 aliphatic carbocycles. The van der Waals surface area contributed by atoms with Gasteiger partial charge in [0.25, 0.3) is 0 Å². The van der Waals surface area contributed by atoms with E-state index in [4.69, 9.17) is 6.42 Å². The van der Waals surface area contributed by atoms with Gasteiger partial charge in [0.05, 0.1) is 11.9 Å². The largest absolute Gasteiger partial charge is 0.312 e. The Morgan fingerprint density at radius 1 is 1.53 bits per heavy atom. The average molecular weight is 224 g/mol. The van der Waals surface area contributed by atoms with Crippen molar-refractivity contribution in [2.75, 3.05) is 18.1 Å². The van der Waals surface area contributed by atoms with Crippen molar-refractivity contribution in [2.24, 2.45) is 0 Å². The van der Waals surface area contributed by atoms with Crippen molar-refractivity contribution >= 4 is 11.8 Å².